The van der Waals surface area contributed by atoms with Gasteiger partial charge in [0.1, 0.15) is 11.5 Å². The van der Waals surface area contributed by atoms with Gasteiger partial charge < -0.3 is 10.2 Å². The van der Waals surface area contributed by atoms with Gasteiger partial charge in [-0.1, -0.05) is 29.8 Å². The molecule has 1 aliphatic rings. The molecule has 0 radical (unpaired) electrons. The van der Waals surface area contributed by atoms with E-state index < -0.39 is 17.3 Å². The SMILES string of the molecule is O=C(CCn1nc(C(=O)N2CCc3ccccc32)ccc1=O)Nc1ccc(F)c(Cl)c1. The maximum Gasteiger partial charge on any atom is 0.278 e. The van der Waals surface area contributed by atoms with Crippen LogP contribution in [0.25, 0.3) is 0 Å². The number of nitrogens with zero attached hydrogens (tertiary/aromatic N) is 3. The van der Waals surface area contributed by atoms with Crippen molar-refractivity contribution in [2.24, 2.45) is 0 Å². The summed E-state index contributed by atoms with van der Waals surface area (Å²) in [5.41, 5.74) is 1.97. The molecule has 2 heterocycles. The van der Waals surface area contributed by atoms with E-state index in [0.717, 1.165) is 28.4 Å². The van der Waals surface area contributed by atoms with E-state index in [1.165, 1.54) is 24.3 Å². The van der Waals surface area contributed by atoms with E-state index in [2.05, 4.69) is 10.4 Å². The Morgan fingerprint density at radius 2 is 1.94 bits per heavy atom. The molecule has 7 nitrogen and oxygen atoms in total. The Hall–Kier alpha value is -3.52. The molecule has 9 heteroatoms. The van der Waals surface area contributed by atoms with Crippen LogP contribution in [0.3, 0.4) is 0 Å². The lowest BCUT2D eigenvalue weighted by molar-refractivity contribution is -0.116. The lowest BCUT2D eigenvalue weighted by atomic mass is 10.2. The van der Waals surface area contributed by atoms with Crippen LogP contribution in [0, 0.1) is 5.82 Å². The fourth-order valence-electron chi connectivity index (χ4n) is 3.42. The van der Waals surface area contributed by atoms with Crippen LogP contribution in [-0.4, -0.2) is 28.1 Å². The van der Waals surface area contributed by atoms with Crippen molar-refractivity contribution in [1.82, 2.24) is 9.78 Å². The lowest BCUT2D eigenvalue weighted by Crippen LogP contribution is -2.33. The van der Waals surface area contributed by atoms with Gasteiger partial charge in [-0.3, -0.25) is 14.4 Å². The van der Waals surface area contributed by atoms with Gasteiger partial charge >= 0.3 is 0 Å². The molecule has 0 aliphatic carbocycles. The Kier molecular flexibility index (Phi) is 5.81. The number of aromatic nitrogens is 2. The second-order valence-corrected chi connectivity index (χ2v) is 7.45. The molecule has 0 atom stereocenters. The first kappa shape index (κ1) is 20.7. The maximum atomic E-state index is 13.2. The molecule has 4 rings (SSSR count). The van der Waals surface area contributed by atoms with Gasteiger partial charge in [0, 0.05) is 30.4 Å². The number of benzene rings is 2. The van der Waals surface area contributed by atoms with Gasteiger partial charge in [0.2, 0.25) is 5.91 Å². The molecule has 1 aliphatic heterocycles. The Morgan fingerprint density at radius 1 is 1.13 bits per heavy atom. The standard InChI is InChI=1S/C22H18ClFN4O3/c23-16-13-15(5-6-17(16)24)25-20(29)10-12-28-21(30)8-7-18(26-28)22(31)27-11-9-14-3-1-2-4-19(14)27/h1-8,13H,9-12H2,(H,25,29). The van der Waals surface area contributed by atoms with Crippen molar-refractivity contribution in [3.8, 4) is 0 Å². The number of anilines is 2. The molecular weight excluding hydrogens is 423 g/mol. The van der Waals surface area contributed by atoms with Crippen LogP contribution >= 0.6 is 11.6 Å². The van der Waals surface area contributed by atoms with Crippen molar-refractivity contribution in [1.29, 1.82) is 0 Å². The normalized spacial score (nSPS) is 12.5. The first-order chi connectivity index (χ1) is 14.9. The highest BCUT2D eigenvalue weighted by atomic mass is 35.5. The number of carbonyl (C=O) groups excluding carboxylic acids is 2. The van der Waals surface area contributed by atoms with E-state index in [4.69, 9.17) is 11.6 Å². The highest BCUT2D eigenvalue weighted by Crippen LogP contribution is 2.28. The number of para-hydroxylation sites is 1. The number of hydrogen-bond acceptors (Lipinski definition) is 4. The van der Waals surface area contributed by atoms with Crippen LogP contribution in [0.1, 0.15) is 22.5 Å². The average molecular weight is 441 g/mol. The second kappa shape index (κ2) is 8.69. The average Bonchev–Trinajstić information content (AvgIpc) is 3.19. The Bertz CT molecular complexity index is 1230. The number of nitrogens with one attached hydrogen (secondary N) is 1. The van der Waals surface area contributed by atoms with Gasteiger partial charge in [0.15, 0.2) is 0 Å². The molecule has 3 aromatic rings. The summed E-state index contributed by atoms with van der Waals surface area (Å²) in [6.45, 7) is 0.527. The first-order valence-corrected chi connectivity index (χ1v) is 10.0. The van der Waals surface area contributed by atoms with Crippen LogP contribution < -0.4 is 15.8 Å². The van der Waals surface area contributed by atoms with E-state index in [1.54, 1.807) is 4.90 Å². The summed E-state index contributed by atoms with van der Waals surface area (Å²) in [7, 11) is 0. The van der Waals surface area contributed by atoms with Crippen LogP contribution in [0.2, 0.25) is 5.02 Å². The zero-order valence-electron chi connectivity index (χ0n) is 16.3. The van der Waals surface area contributed by atoms with E-state index in [9.17, 15) is 18.8 Å². The van der Waals surface area contributed by atoms with Crippen molar-refractivity contribution in [2.45, 2.75) is 19.4 Å². The van der Waals surface area contributed by atoms with E-state index in [0.29, 0.717) is 12.2 Å². The van der Waals surface area contributed by atoms with Gasteiger partial charge in [-0.05, 0) is 42.3 Å². The number of rotatable bonds is 5. The minimum absolute atomic E-state index is 0.0166. The molecule has 2 amide bonds. The molecule has 0 fully saturated rings. The fourth-order valence-corrected chi connectivity index (χ4v) is 3.60. The number of hydrogen-bond donors (Lipinski definition) is 1. The summed E-state index contributed by atoms with van der Waals surface area (Å²) < 4.78 is 14.3. The van der Waals surface area contributed by atoms with Crippen molar-refractivity contribution >= 4 is 34.8 Å². The Balaban J connectivity index is 1.44. The Labute approximate surface area is 182 Å². The predicted molar refractivity (Wildman–Crippen MR) is 115 cm³/mol. The summed E-state index contributed by atoms with van der Waals surface area (Å²) in [6, 6.07) is 14.1. The molecule has 158 valence electrons. The van der Waals surface area contributed by atoms with Crippen LogP contribution in [0.5, 0.6) is 0 Å². The Morgan fingerprint density at radius 3 is 2.74 bits per heavy atom. The number of amides is 2. The van der Waals surface area contributed by atoms with Crippen molar-refractivity contribution in [3.63, 3.8) is 0 Å². The predicted octanol–water partition coefficient (Wildman–Crippen LogP) is 3.27. The number of aryl methyl sites for hydroxylation is 1. The molecule has 1 N–H and O–H groups in total. The molecule has 0 unspecified atom stereocenters. The molecule has 0 saturated heterocycles. The smallest absolute Gasteiger partial charge is 0.278 e. The van der Waals surface area contributed by atoms with Gasteiger partial charge in [0.05, 0.1) is 11.6 Å². The third-order valence-corrected chi connectivity index (χ3v) is 5.26. The molecular formula is C22H18ClFN4O3. The van der Waals surface area contributed by atoms with Gasteiger partial charge in [-0.15, -0.1) is 0 Å². The number of carbonyl (C=O) groups is 2. The summed E-state index contributed by atoms with van der Waals surface area (Å²) in [5.74, 6) is -1.29. The molecule has 2 aromatic carbocycles. The number of fused-ring (bicyclic) bond motifs is 1. The van der Waals surface area contributed by atoms with E-state index in [-0.39, 0.29) is 29.6 Å². The summed E-state index contributed by atoms with van der Waals surface area (Å²) >= 11 is 5.71. The van der Waals surface area contributed by atoms with Crippen molar-refractivity contribution in [3.05, 3.63) is 87.0 Å². The van der Waals surface area contributed by atoms with Crippen molar-refractivity contribution < 1.29 is 14.0 Å². The molecule has 0 saturated carbocycles. The molecule has 1 aromatic heterocycles. The zero-order chi connectivity index (χ0) is 22.0. The minimum atomic E-state index is -0.586. The highest BCUT2D eigenvalue weighted by molar-refractivity contribution is 6.31. The molecule has 0 bridgehead atoms. The topological polar surface area (TPSA) is 84.3 Å². The fraction of sp³-hybridized carbons (Fsp3) is 0.182. The quantitative estimate of drug-likeness (QED) is 0.660. The van der Waals surface area contributed by atoms with Crippen molar-refractivity contribution in [2.75, 3.05) is 16.8 Å². The largest absolute Gasteiger partial charge is 0.326 e. The first-order valence-electron chi connectivity index (χ1n) is 9.65. The minimum Gasteiger partial charge on any atom is -0.326 e. The summed E-state index contributed by atoms with van der Waals surface area (Å²) in [5, 5.41) is 6.64. The summed E-state index contributed by atoms with van der Waals surface area (Å²) in [6.07, 6.45) is 0.696. The van der Waals surface area contributed by atoms with E-state index >= 15 is 0 Å². The van der Waals surface area contributed by atoms with E-state index in [1.807, 2.05) is 24.3 Å². The van der Waals surface area contributed by atoms with Gasteiger partial charge in [0.25, 0.3) is 11.5 Å². The summed E-state index contributed by atoms with van der Waals surface area (Å²) in [4.78, 5) is 38.9. The highest BCUT2D eigenvalue weighted by Gasteiger charge is 2.26. The van der Waals surface area contributed by atoms with Crippen LogP contribution in [0.15, 0.2) is 59.4 Å². The zero-order valence-corrected chi connectivity index (χ0v) is 17.1. The molecule has 31 heavy (non-hydrogen) atoms. The third-order valence-electron chi connectivity index (χ3n) is 4.97. The van der Waals surface area contributed by atoms with Crippen LogP contribution in [-0.2, 0) is 17.8 Å². The third kappa shape index (κ3) is 4.49. The second-order valence-electron chi connectivity index (χ2n) is 7.04. The lowest BCUT2D eigenvalue weighted by Gasteiger charge is -2.17. The molecule has 0 spiro atoms. The van der Waals surface area contributed by atoms with Gasteiger partial charge in [-0.2, -0.15) is 5.10 Å². The number of halogens is 2. The maximum absolute atomic E-state index is 13.2. The van der Waals surface area contributed by atoms with Crippen LogP contribution in [0.4, 0.5) is 15.8 Å². The monoisotopic (exact) mass is 440 g/mol. The van der Waals surface area contributed by atoms with Gasteiger partial charge in [-0.25, -0.2) is 9.07 Å².